The van der Waals surface area contributed by atoms with Crippen molar-refractivity contribution >= 4 is 35.1 Å². The van der Waals surface area contributed by atoms with E-state index in [2.05, 4.69) is 45.1 Å². The Kier molecular flexibility index (Phi) is 7.86. The Balaban J connectivity index is 1.16. The molecule has 0 spiro atoms. The molecule has 0 aliphatic carbocycles. The SMILES string of the molecule is O=C(c1ccc(CSc2nc(Cl)cc(N3CCN(Cc4ccccc4)CC3)n2)cc1)N1CCCC1. The average Bonchev–Trinajstić information content (AvgIpc) is 3.43. The zero-order valence-electron chi connectivity index (χ0n) is 19.8. The lowest BCUT2D eigenvalue weighted by Gasteiger charge is -2.35. The van der Waals surface area contributed by atoms with Crippen molar-refractivity contribution in [2.24, 2.45) is 0 Å². The highest BCUT2D eigenvalue weighted by Crippen LogP contribution is 2.26. The van der Waals surface area contributed by atoms with Gasteiger partial charge in [-0.15, -0.1) is 0 Å². The van der Waals surface area contributed by atoms with Crippen molar-refractivity contribution in [3.05, 3.63) is 82.5 Å². The molecule has 0 unspecified atom stereocenters. The highest BCUT2D eigenvalue weighted by molar-refractivity contribution is 7.98. The lowest BCUT2D eigenvalue weighted by Crippen LogP contribution is -2.46. The van der Waals surface area contributed by atoms with Crippen LogP contribution in [0.2, 0.25) is 5.15 Å². The minimum Gasteiger partial charge on any atom is -0.354 e. The third kappa shape index (κ3) is 6.34. The normalized spacial score (nSPS) is 16.6. The van der Waals surface area contributed by atoms with Crippen LogP contribution in [0.4, 0.5) is 5.82 Å². The molecule has 2 aromatic carbocycles. The molecule has 182 valence electrons. The summed E-state index contributed by atoms with van der Waals surface area (Å²) < 4.78 is 0. The van der Waals surface area contributed by atoms with Crippen LogP contribution in [0, 0.1) is 0 Å². The first-order chi connectivity index (χ1) is 17.1. The number of nitrogens with zero attached hydrogens (tertiary/aromatic N) is 5. The van der Waals surface area contributed by atoms with E-state index >= 15 is 0 Å². The van der Waals surface area contributed by atoms with Gasteiger partial charge in [0, 0.05) is 63.2 Å². The number of benzene rings is 2. The summed E-state index contributed by atoms with van der Waals surface area (Å²) in [5.74, 6) is 1.75. The first-order valence-electron chi connectivity index (χ1n) is 12.2. The van der Waals surface area contributed by atoms with Gasteiger partial charge >= 0.3 is 0 Å². The molecule has 3 aromatic rings. The van der Waals surface area contributed by atoms with Crippen molar-refractivity contribution in [3.8, 4) is 0 Å². The second-order valence-corrected chi connectivity index (χ2v) is 10.4. The highest BCUT2D eigenvalue weighted by Gasteiger charge is 2.20. The van der Waals surface area contributed by atoms with Crippen LogP contribution >= 0.6 is 23.4 Å². The summed E-state index contributed by atoms with van der Waals surface area (Å²) >= 11 is 7.93. The van der Waals surface area contributed by atoms with Crippen LogP contribution in [0.25, 0.3) is 0 Å². The van der Waals surface area contributed by atoms with Crippen molar-refractivity contribution in [2.75, 3.05) is 44.2 Å². The Hall–Kier alpha value is -2.61. The van der Waals surface area contributed by atoms with Crippen LogP contribution in [-0.2, 0) is 12.3 Å². The number of thioether (sulfide) groups is 1. The molecule has 1 amide bonds. The van der Waals surface area contributed by atoms with Gasteiger partial charge in [-0.1, -0.05) is 65.8 Å². The molecule has 6 nitrogen and oxygen atoms in total. The second kappa shape index (κ2) is 11.4. The number of halogens is 1. The number of carbonyl (C=O) groups excluding carboxylic acids is 1. The molecule has 0 radical (unpaired) electrons. The third-order valence-electron chi connectivity index (χ3n) is 6.57. The average molecular weight is 508 g/mol. The number of piperazine rings is 1. The van der Waals surface area contributed by atoms with Gasteiger partial charge in [0.25, 0.3) is 5.91 Å². The van der Waals surface area contributed by atoms with Crippen LogP contribution in [-0.4, -0.2) is 64.9 Å². The van der Waals surface area contributed by atoms with Crippen molar-refractivity contribution in [3.63, 3.8) is 0 Å². The second-order valence-electron chi connectivity index (χ2n) is 9.07. The molecule has 2 fully saturated rings. The van der Waals surface area contributed by atoms with Gasteiger partial charge in [-0.05, 0) is 36.1 Å². The fourth-order valence-corrected chi connectivity index (χ4v) is 5.62. The van der Waals surface area contributed by atoms with Gasteiger partial charge in [0.15, 0.2) is 5.16 Å². The molecule has 3 heterocycles. The zero-order valence-corrected chi connectivity index (χ0v) is 21.3. The van der Waals surface area contributed by atoms with E-state index in [1.807, 2.05) is 35.2 Å². The van der Waals surface area contributed by atoms with Gasteiger partial charge in [-0.3, -0.25) is 9.69 Å². The third-order valence-corrected chi connectivity index (χ3v) is 7.68. The van der Waals surface area contributed by atoms with Gasteiger partial charge in [-0.25, -0.2) is 9.97 Å². The molecule has 2 saturated heterocycles. The van der Waals surface area contributed by atoms with Gasteiger partial charge < -0.3 is 9.80 Å². The maximum atomic E-state index is 12.6. The van der Waals surface area contributed by atoms with Crippen LogP contribution < -0.4 is 4.90 Å². The molecule has 0 saturated carbocycles. The molecular formula is C27H30ClN5OS. The Bertz CT molecular complexity index is 1130. The van der Waals surface area contributed by atoms with E-state index in [1.165, 1.54) is 5.56 Å². The quantitative estimate of drug-likeness (QED) is 0.255. The molecule has 2 aliphatic rings. The number of hydrogen-bond donors (Lipinski definition) is 0. The van der Waals surface area contributed by atoms with E-state index < -0.39 is 0 Å². The molecule has 35 heavy (non-hydrogen) atoms. The van der Waals surface area contributed by atoms with Crippen molar-refractivity contribution in [1.82, 2.24) is 19.8 Å². The summed E-state index contributed by atoms with van der Waals surface area (Å²) in [5.41, 5.74) is 3.24. The first-order valence-corrected chi connectivity index (χ1v) is 13.6. The molecule has 5 rings (SSSR count). The van der Waals surface area contributed by atoms with E-state index in [4.69, 9.17) is 16.6 Å². The minimum atomic E-state index is 0.133. The Morgan fingerprint density at radius 3 is 2.29 bits per heavy atom. The van der Waals surface area contributed by atoms with E-state index in [9.17, 15) is 4.79 Å². The first kappa shape index (κ1) is 24.1. The van der Waals surface area contributed by atoms with E-state index in [1.54, 1.807) is 11.8 Å². The number of hydrogen-bond acceptors (Lipinski definition) is 6. The van der Waals surface area contributed by atoms with Crippen molar-refractivity contribution < 1.29 is 4.79 Å². The number of anilines is 1. The number of rotatable bonds is 7. The molecule has 0 bridgehead atoms. The summed E-state index contributed by atoms with van der Waals surface area (Å²) in [7, 11) is 0. The summed E-state index contributed by atoms with van der Waals surface area (Å²) in [5, 5.41) is 1.15. The Morgan fingerprint density at radius 1 is 0.857 bits per heavy atom. The largest absolute Gasteiger partial charge is 0.354 e. The van der Waals surface area contributed by atoms with Gasteiger partial charge in [0.1, 0.15) is 11.0 Å². The van der Waals surface area contributed by atoms with Crippen LogP contribution in [0.15, 0.2) is 65.8 Å². The Morgan fingerprint density at radius 2 is 1.57 bits per heavy atom. The zero-order chi connectivity index (χ0) is 24.0. The predicted octanol–water partition coefficient (Wildman–Crippen LogP) is 4.98. The molecular weight excluding hydrogens is 478 g/mol. The Labute approximate surface area is 216 Å². The number of aromatic nitrogens is 2. The summed E-state index contributed by atoms with van der Waals surface area (Å²) in [6.07, 6.45) is 2.21. The molecule has 0 atom stereocenters. The number of likely N-dealkylation sites (tertiary alicyclic amines) is 1. The van der Waals surface area contributed by atoms with Gasteiger partial charge in [0.05, 0.1) is 0 Å². The van der Waals surface area contributed by atoms with Gasteiger partial charge in [-0.2, -0.15) is 0 Å². The number of carbonyl (C=O) groups is 1. The van der Waals surface area contributed by atoms with Crippen LogP contribution in [0.3, 0.4) is 0 Å². The fraction of sp³-hybridized carbons (Fsp3) is 0.370. The summed E-state index contributed by atoms with van der Waals surface area (Å²) in [4.78, 5) is 28.5. The van der Waals surface area contributed by atoms with Crippen LogP contribution in [0.1, 0.15) is 34.3 Å². The molecule has 2 aliphatic heterocycles. The molecule has 1 aromatic heterocycles. The van der Waals surface area contributed by atoms with E-state index in [0.29, 0.717) is 10.3 Å². The monoisotopic (exact) mass is 507 g/mol. The maximum Gasteiger partial charge on any atom is 0.253 e. The topological polar surface area (TPSA) is 52.6 Å². The molecule has 0 N–H and O–H groups in total. The van der Waals surface area contributed by atoms with Gasteiger partial charge in [0.2, 0.25) is 0 Å². The molecule has 8 heteroatoms. The van der Waals surface area contributed by atoms with E-state index in [0.717, 1.165) is 81.4 Å². The fourth-order valence-electron chi connectivity index (χ4n) is 4.58. The summed E-state index contributed by atoms with van der Waals surface area (Å²) in [6.45, 7) is 6.51. The number of amides is 1. The predicted molar refractivity (Wildman–Crippen MR) is 142 cm³/mol. The standard InChI is InChI=1S/C27H30ClN5OS/c28-24-18-25(32-16-14-31(15-17-32)19-21-6-2-1-3-7-21)30-27(29-24)35-20-22-8-10-23(11-9-22)26(34)33-12-4-5-13-33/h1-3,6-11,18H,4-5,12-17,19-20H2. The van der Waals surface area contributed by atoms with Crippen molar-refractivity contribution in [1.29, 1.82) is 0 Å². The maximum absolute atomic E-state index is 12.6. The van der Waals surface area contributed by atoms with Crippen LogP contribution in [0.5, 0.6) is 0 Å². The lowest BCUT2D eigenvalue weighted by molar-refractivity contribution is 0.0793. The van der Waals surface area contributed by atoms with E-state index in [-0.39, 0.29) is 5.91 Å². The highest BCUT2D eigenvalue weighted by atomic mass is 35.5. The minimum absolute atomic E-state index is 0.133. The summed E-state index contributed by atoms with van der Waals surface area (Å²) in [6, 6.07) is 20.4. The van der Waals surface area contributed by atoms with Crippen molar-refractivity contribution in [2.45, 2.75) is 30.3 Å². The smallest absolute Gasteiger partial charge is 0.253 e. The lowest BCUT2D eigenvalue weighted by atomic mass is 10.1.